The predicted octanol–water partition coefficient (Wildman–Crippen LogP) is 2.78. The van der Waals surface area contributed by atoms with E-state index in [-0.39, 0.29) is 10.7 Å². The summed E-state index contributed by atoms with van der Waals surface area (Å²) in [5, 5.41) is 1.83. The quantitative estimate of drug-likeness (QED) is 0.744. The third-order valence-corrected chi connectivity index (χ3v) is 4.26. The van der Waals surface area contributed by atoms with E-state index in [1.165, 1.54) is 23.5 Å². The fourth-order valence-electron chi connectivity index (χ4n) is 2.36. The zero-order chi connectivity index (χ0) is 14.3. The molecule has 0 amide bonds. The molecule has 3 aromatic rings. The summed E-state index contributed by atoms with van der Waals surface area (Å²) < 4.78 is 17.0. The van der Waals surface area contributed by atoms with Gasteiger partial charge in [-0.15, -0.1) is 0 Å². The van der Waals surface area contributed by atoms with Gasteiger partial charge in [-0.1, -0.05) is 11.3 Å². The van der Waals surface area contributed by atoms with Gasteiger partial charge in [0.2, 0.25) is 0 Å². The Bertz CT molecular complexity index is 831. The first-order chi connectivity index (χ1) is 9.60. The third kappa shape index (κ3) is 2.06. The van der Waals surface area contributed by atoms with Crippen molar-refractivity contribution in [2.75, 3.05) is 0 Å². The van der Waals surface area contributed by atoms with E-state index in [0.717, 1.165) is 23.6 Å². The summed E-state index contributed by atoms with van der Waals surface area (Å²) in [5.41, 5.74) is 2.44. The lowest BCUT2D eigenvalue weighted by molar-refractivity contribution is 0.629. The highest BCUT2D eigenvalue weighted by Crippen LogP contribution is 2.18. The topological polar surface area (TPSA) is 39.8 Å². The number of benzene rings is 1. The van der Waals surface area contributed by atoms with Crippen molar-refractivity contribution >= 4 is 22.4 Å². The van der Waals surface area contributed by atoms with E-state index in [2.05, 4.69) is 4.98 Å². The highest BCUT2D eigenvalue weighted by Gasteiger charge is 2.12. The van der Waals surface area contributed by atoms with Crippen LogP contribution in [0.4, 0.5) is 4.39 Å². The highest BCUT2D eigenvalue weighted by atomic mass is 32.1. The molecule has 6 heteroatoms. The standard InChI is InChI=1S/C14H14FN3OS/c1-3-17-12-5-4-10(15)6-11(12)16-13(17)7-18-9(2)8-20-14(18)19/h4-6,8H,3,7H2,1-2H3. The van der Waals surface area contributed by atoms with Crippen LogP contribution >= 0.6 is 11.3 Å². The maximum absolute atomic E-state index is 13.3. The summed E-state index contributed by atoms with van der Waals surface area (Å²) in [6, 6.07) is 4.59. The van der Waals surface area contributed by atoms with Crippen molar-refractivity contribution in [3.8, 4) is 0 Å². The lowest BCUT2D eigenvalue weighted by atomic mass is 10.3. The molecule has 20 heavy (non-hydrogen) atoms. The number of halogens is 1. The molecule has 0 aliphatic rings. The number of hydrogen-bond acceptors (Lipinski definition) is 3. The maximum Gasteiger partial charge on any atom is 0.307 e. The number of fused-ring (bicyclic) bond motifs is 1. The first kappa shape index (κ1) is 13.1. The highest BCUT2D eigenvalue weighted by molar-refractivity contribution is 7.07. The second kappa shape index (κ2) is 4.86. The molecule has 0 aliphatic heterocycles. The second-order valence-electron chi connectivity index (χ2n) is 4.63. The predicted molar refractivity (Wildman–Crippen MR) is 77.8 cm³/mol. The maximum atomic E-state index is 13.3. The van der Waals surface area contributed by atoms with Crippen molar-refractivity contribution in [3.05, 3.63) is 50.6 Å². The second-order valence-corrected chi connectivity index (χ2v) is 5.46. The summed E-state index contributed by atoms with van der Waals surface area (Å²) in [4.78, 5) is 16.3. The first-order valence-corrected chi connectivity index (χ1v) is 7.27. The monoisotopic (exact) mass is 291 g/mol. The Morgan fingerprint density at radius 2 is 2.15 bits per heavy atom. The molecule has 0 saturated carbocycles. The molecule has 2 heterocycles. The van der Waals surface area contributed by atoms with Gasteiger partial charge in [-0.25, -0.2) is 9.37 Å². The Balaban J connectivity index is 2.14. The molecule has 4 nitrogen and oxygen atoms in total. The van der Waals surface area contributed by atoms with Crippen LogP contribution in [-0.4, -0.2) is 14.1 Å². The van der Waals surface area contributed by atoms with Gasteiger partial charge in [-0.3, -0.25) is 9.36 Å². The van der Waals surface area contributed by atoms with E-state index < -0.39 is 0 Å². The number of thiazole rings is 1. The summed E-state index contributed by atoms with van der Waals surface area (Å²) in [6.45, 7) is 5.06. The molecule has 3 rings (SSSR count). The average molecular weight is 291 g/mol. The number of imidazole rings is 1. The van der Waals surface area contributed by atoms with E-state index in [1.807, 2.05) is 23.8 Å². The number of hydrogen-bond donors (Lipinski definition) is 0. The Labute approximate surface area is 119 Å². The van der Waals surface area contributed by atoms with Gasteiger partial charge in [0.05, 0.1) is 17.6 Å². The molecule has 104 valence electrons. The van der Waals surface area contributed by atoms with Gasteiger partial charge in [0, 0.05) is 23.7 Å². The van der Waals surface area contributed by atoms with Gasteiger partial charge in [0.1, 0.15) is 11.6 Å². The van der Waals surface area contributed by atoms with Crippen LogP contribution in [0.2, 0.25) is 0 Å². The molecule has 1 aromatic carbocycles. The minimum Gasteiger partial charge on any atom is -0.327 e. The first-order valence-electron chi connectivity index (χ1n) is 6.39. The van der Waals surface area contributed by atoms with Crippen LogP contribution in [0.1, 0.15) is 18.4 Å². The summed E-state index contributed by atoms with van der Waals surface area (Å²) in [6.07, 6.45) is 0. The van der Waals surface area contributed by atoms with E-state index >= 15 is 0 Å². The zero-order valence-corrected chi connectivity index (χ0v) is 12.1. The van der Waals surface area contributed by atoms with Crippen molar-refractivity contribution in [3.63, 3.8) is 0 Å². The number of rotatable bonds is 3. The van der Waals surface area contributed by atoms with Crippen molar-refractivity contribution < 1.29 is 4.39 Å². The van der Waals surface area contributed by atoms with Crippen molar-refractivity contribution in [1.82, 2.24) is 14.1 Å². The summed E-state index contributed by atoms with van der Waals surface area (Å²) >= 11 is 1.18. The molecule has 0 bridgehead atoms. The van der Waals surface area contributed by atoms with Gasteiger partial charge < -0.3 is 4.57 Å². The van der Waals surface area contributed by atoms with Crippen LogP contribution in [-0.2, 0) is 13.1 Å². The fraction of sp³-hybridized carbons (Fsp3) is 0.286. The average Bonchev–Trinajstić information content (AvgIpc) is 2.92. The van der Waals surface area contributed by atoms with Gasteiger partial charge in [0.25, 0.3) is 0 Å². The van der Waals surface area contributed by atoms with Crippen LogP contribution in [0.15, 0.2) is 28.4 Å². The van der Waals surface area contributed by atoms with Gasteiger partial charge in [0.15, 0.2) is 0 Å². The van der Waals surface area contributed by atoms with Gasteiger partial charge in [-0.2, -0.15) is 0 Å². The van der Waals surface area contributed by atoms with Crippen molar-refractivity contribution in [2.45, 2.75) is 26.9 Å². The van der Waals surface area contributed by atoms with Crippen molar-refractivity contribution in [1.29, 1.82) is 0 Å². The molecular formula is C14H14FN3OS. The fourth-order valence-corrected chi connectivity index (χ4v) is 3.10. The molecule has 0 N–H and O–H groups in total. The lowest BCUT2D eigenvalue weighted by Crippen LogP contribution is -2.18. The van der Waals surface area contributed by atoms with Crippen LogP contribution in [0.5, 0.6) is 0 Å². The van der Waals surface area contributed by atoms with Gasteiger partial charge in [-0.05, 0) is 26.0 Å². The van der Waals surface area contributed by atoms with Crippen molar-refractivity contribution in [2.24, 2.45) is 0 Å². The SMILES string of the molecule is CCn1c(Cn2c(C)csc2=O)nc2cc(F)ccc21. The minimum atomic E-state index is -0.298. The molecule has 0 fully saturated rings. The molecule has 2 aromatic heterocycles. The van der Waals surface area contributed by atoms with Crippen LogP contribution in [0.3, 0.4) is 0 Å². The Hall–Kier alpha value is -1.95. The molecule has 0 radical (unpaired) electrons. The van der Waals surface area contributed by atoms with E-state index in [4.69, 9.17) is 0 Å². The number of aromatic nitrogens is 3. The van der Waals surface area contributed by atoms with Gasteiger partial charge >= 0.3 is 4.87 Å². The minimum absolute atomic E-state index is 0.00314. The Kier molecular flexibility index (Phi) is 3.17. The molecule has 0 unspecified atom stereocenters. The van der Waals surface area contributed by atoms with E-state index in [1.54, 1.807) is 10.6 Å². The lowest BCUT2D eigenvalue weighted by Gasteiger charge is -2.07. The summed E-state index contributed by atoms with van der Waals surface area (Å²) in [5.74, 6) is 0.477. The van der Waals surface area contributed by atoms with Crippen LogP contribution < -0.4 is 4.87 Å². The summed E-state index contributed by atoms with van der Waals surface area (Å²) in [7, 11) is 0. The third-order valence-electron chi connectivity index (χ3n) is 3.38. The number of nitrogens with zero attached hydrogens (tertiary/aromatic N) is 3. The molecule has 0 spiro atoms. The molecule has 0 saturated heterocycles. The van der Waals surface area contributed by atoms with E-state index in [0.29, 0.717) is 12.1 Å². The number of aryl methyl sites for hydroxylation is 2. The van der Waals surface area contributed by atoms with Crippen LogP contribution in [0, 0.1) is 12.7 Å². The normalized spacial score (nSPS) is 11.3. The van der Waals surface area contributed by atoms with E-state index in [9.17, 15) is 9.18 Å². The molecule has 0 atom stereocenters. The molecule has 0 aliphatic carbocycles. The van der Waals surface area contributed by atoms with Crippen LogP contribution in [0.25, 0.3) is 11.0 Å². The largest absolute Gasteiger partial charge is 0.327 e. The molecular weight excluding hydrogens is 277 g/mol. The smallest absolute Gasteiger partial charge is 0.307 e. The zero-order valence-electron chi connectivity index (χ0n) is 11.3. The Morgan fingerprint density at radius 1 is 1.35 bits per heavy atom. The Morgan fingerprint density at radius 3 is 2.80 bits per heavy atom.